The van der Waals surface area contributed by atoms with Gasteiger partial charge in [-0.3, -0.25) is 0 Å². The van der Waals surface area contributed by atoms with E-state index in [9.17, 15) is 19.5 Å². The Morgan fingerprint density at radius 2 is 1.41 bits per heavy atom. The maximum absolute atomic E-state index is 13.1. The van der Waals surface area contributed by atoms with E-state index in [1.165, 1.54) is 0 Å². The molecular weight excluding hydrogens is 482 g/mol. The molecule has 2 amide bonds. The van der Waals surface area contributed by atoms with Crippen molar-refractivity contribution in [2.45, 2.75) is 78.9 Å². The molecule has 9 nitrogen and oxygen atoms in total. The number of nitrogens with zero attached hydrogens (tertiary/aromatic N) is 3. The van der Waals surface area contributed by atoms with Gasteiger partial charge in [-0.1, -0.05) is 36.7 Å². The first-order valence-corrected chi connectivity index (χ1v) is 10.8. The summed E-state index contributed by atoms with van der Waals surface area (Å²) in [6.07, 6.45) is -3.41. The largest absolute Gasteiger partial charge is 0.463 e. The molecule has 0 spiro atoms. The molecule has 0 atom stereocenters. The predicted molar refractivity (Wildman–Crippen MR) is 125 cm³/mol. The van der Waals surface area contributed by atoms with E-state index in [-0.39, 0.29) is 11.3 Å². The highest BCUT2D eigenvalue weighted by molar-refractivity contribution is 9.10. The molecule has 0 radical (unpaired) electrons. The molecule has 1 N–H and O–H groups in total. The molecule has 1 aromatic carbocycles. The number of carbonyl (C=O) groups excluding carboxylic acids is 2. The highest BCUT2D eigenvalue weighted by Crippen LogP contribution is 2.41. The lowest BCUT2D eigenvalue weighted by atomic mass is 9.84. The molecule has 2 aromatic rings. The number of imide groups is 1. The summed E-state index contributed by atoms with van der Waals surface area (Å²) in [6, 6.07) is 3.26. The average Bonchev–Trinajstić information content (AvgIpc) is 2.89. The van der Waals surface area contributed by atoms with Gasteiger partial charge in [0.15, 0.2) is 5.82 Å². The van der Waals surface area contributed by atoms with Crippen LogP contribution in [0, 0.1) is 0 Å². The minimum atomic E-state index is -1.36. The SMILES string of the molecule is CC(C)(C)OC(=O)N(C(=O)OC(C)(C)C)c1nn(C(=O)O)c2ccc(Br)c(C(C)(C)C)c12. The molecule has 2 rings (SSSR count). The number of benzene rings is 1. The third-order valence-corrected chi connectivity index (χ3v) is 4.73. The van der Waals surface area contributed by atoms with Gasteiger partial charge < -0.3 is 14.6 Å². The monoisotopic (exact) mass is 511 g/mol. The van der Waals surface area contributed by atoms with Crippen molar-refractivity contribution in [1.29, 1.82) is 0 Å². The Bertz CT molecular complexity index is 1040. The number of fused-ring (bicyclic) bond motifs is 1. The van der Waals surface area contributed by atoms with Gasteiger partial charge in [0.1, 0.15) is 11.2 Å². The van der Waals surface area contributed by atoms with Gasteiger partial charge in [0.2, 0.25) is 0 Å². The van der Waals surface area contributed by atoms with Crippen molar-refractivity contribution in [3.05, 3.63) is 22.2 Å². The van der Waals surface area contributed by atoms with Crippen LogP contribution in [0.2, 0.25) is 0 Å². The number of amides is 2. The minimum Gasteiger partial charge on any atom is -0.463 e. The topological polar surface area (TPSA) is 111 Å². The molecule has 0 unspecified atom stereocenters. The van der Waals surface area contributed by atoms with E-state index in [1.807, 2.05) is 20.8 Å². The molecule has 0 saturated carbocycles. The molecule has 0 fully saturated rings. The lowest BCUT2D eigenvalue weighted by Gasteiger charge is -2.28. The van der Waals surface area contributed by atoms with Gasteiger partial charge in [-0.15, -0.1) is 5.10 Å². The van der Waals surface area contributed by atoms with Gasteiger partial charge in [0.25, 0.3) is 0 Å². The Morgan fingerprint density at radius 3 is 1.78 bits per heavy atom. The van der Waals surface area contributed by atoms with Gasteiger partial charge in [-0.05, 0) is 64.7 Å². The molecule has 0 saturated heterocycles. The minimum absolute atomic E-state index is 0.183. The summed E-state index contributed by atoms with van der Waals surface area (Å²) in [4.78, 5) is 38.9. The summed E-state index contributed by atoms with van der Waals surface area (Å²) in [7, 11) is 0. The van der Waals surface area contributed by atoms with E-state index in [0.29, 0.717) is 20.3 Å². The van der Waals surface area contributed by atoms with Crippen molar-refractivity contribution >= 4 is 50.9 Å². The molecule has 0 aliphatic heterocycles. The number of rotatable bonds is 1. The molecule has 0 aliphatic carbocycles. The first-order chi connectivity index (χ1) is 14.3. The highest BCUT2D eigenvalue weighted by Gasteiger charge is 2.38. The zero-order valence-electron chi connectivity index (χ0n) is 19.9. The molecule has 10 heteroatoms. The van der Waals surface area contributed by atoms with Crippen LogP contribution < -0.4 is 4.90 Å². The van der Waals surface area contributed by atoms with Crippen LogP contribution in [0.1, 0.15) is 67.9 Å². The Kier molecular flexibility index (Phi) is 6.72. The van der Waals surface area contributed by atoms with E-state index in [0.717, 1.165) is 4.68 Å². The summed E-state index contributed by atoms with van der Waals surface area (Å²) >= 11 is 3.52. The fourth-order valence-corrected chi connectivity index (χ4v) is 3.99. The van der Waals surface area contributed by atoms with Crippen LogP contribution in [0.25, 0.3) is 10.9 Å². The molecule has 176 valence electrons. The van der Waals surface area contributed by atoms with Crippen molar-refractivity contribution in [3.63, 3.8) is 0 Å². The van der Waals surface area contributed by atoms with Gasteiger partial charge in [0, 0.05) is 4.47 Å². The van der Waals surface area contributed by atoms with E-state index in [4.69, 9.17) is 9.47 Å². The zero-order valence-corrected chi connectivity index (χ0v) is 21.4. The second-order valence-corrected chi connectivity index (χ2v) is 11.2. The van der Waals surface area contributed by atoms with E-state index >= 15 is 0 Å². The quantitative estimate of drug-likeness (QED) is 0.477. The standard InChI is InChI=1S/C22H30BrN3O6/c1-20(2,3)15-12(23)10-11-13-14(15)16(24-26(13)17(27)28)25(18(29)31-21(4,5)6)19(30)32-22(7,8)9/h10-11H,1-9H3,(H,27,28). The number of halogens is 1. The fraction of sp³-hybridized carbons (Fsp3) is 0.545. The second-order valence-electron chi connectivity index (χ2n) is 10.4. The Hall–Kier alpha value is -2.62. The number of carboxylic acid groups (broad SMARTS) is 1. The van der Waals surface area contributed by atoms with Gasteiger partial charge in [-0.25, -0.2) is 14.4 Å². The van der Waals surface area contributed by atoms with E-state index in [1.54, 1.807) is 53.7 Å². The third kappa shape index (κ3) is 5.59. The lowest BCUT2D eigenvalue weighted by Crippen LogP contribution is -2.44. The third-order valence-electron chi connectivity index (χ3n) is 4.07. The lowest BCUT2D eigenvalue weighted by molar-refractivity contribution is 0.0428. The van der Waals surface area contributed by atoms with Crippen LogP contribution in [0.15, 0.2) is 16.6 Å². The summed E-state index contributed by atoms with van der Waals surface area (Å²) in [5.41, 5.74) is -1.44. The van der Waals surface area contributed by atoms with E-state index in [2.05, 4.69) is 21.0 Å². The Morgan fingerprint density at radius 1 is 0.938 bits per heavy atom. The predicted octanol–water partition coefficient (Wildman–Crippen LogP) is 6.30. The van der Waals surface area contributed by atoms with Gasteiger partial charge in [0.05, 0.1) is 10.9 Å². The van der Waals surface area contributed by atoms with Crippen molar-refractivity contribution < 1.29 is 29.0 Å². The number of hydrogen-bond donors (Lipinski definition) is 1. The normalized spacial score (nSPS) is 12.6. The first-order valence-electron chi connectivity index (χ1n) is 10.0. The zero-order chi connectivity index (χ0) is 24.8. The number of aromatic nitrogens is 2. The van der Waals surface area contributed by atoms with Crippen molar-refractivity contribution in [2.75, 3.05) is 4.90 Å². The van der Waals surface area contributed by atoms with Crippen LogP contribution in [0.4, 0.5) is 20.2 Å². The Balaban J connectivity index is 2.93. The summed E-state index contributed by atoms with van der Waals surface area (Å²) in [5.74, 6) is -0.183. The molecule has 32 heavy (non-hydrogen) atoms. The number of carbonyl (C=O) groups is 3. The smallest absolute Gasteiger partial charge is 0.432 e. The van der Waals surface area contributed by atoms with Gasteiger partial charge in [-0.2, -0.15) is 9.58 Å². The van der Waals surface area contributed by atoms with E-state index < -0.39 is 34.9 Å². The van der Waals surface area contributed by atoms with Crippen LogP contribution in [-0.4, -0.2) is 44.4 Å². The Labute approximate surface area is 195 Å². The summed E-state index contributed by atoms with van der Waals surface area (Å²) < 4.78 is 12.3. The second kappa shape index (κ2) is 8.38. The molecule has 0 aliphatic rings. The van der Waals surface area contributed by atoms with Gasteiger partial charge >= 0.3 is 18.3 Å². The molecular formula is C22H30BrN3O6. The summed E-state index contributed by atoms with van der Waals surface area (Å²) in [5, 5.41) is 14.2. The maximum Gasteiger partial charge on any atom is 0.432 e. The number of hydrogen-bond acceptors (Lipinski definition) is 6. The summed E-state index contributed by atoms with van der Waals surface area (Å²) in [6.45, 7) is 15.7. The highest BCUT2D eigenvalue weighted by atomic mass is 79.9. The van der Waals surface area contributed by atoms with Crippen LogP contribution >= 0.6 is 15.9 Å². The molecule has 1 aromatic heterocycles. The number of ether oxygens (including phenoxy) is 2. The van der Waals surface area contributed by atoms with Crippen LogP contribution in [0.5, 0.6) is 0 Å². The molecule has 0 bridgehead atoms. The number of anilines is 1. The molecule has 1 heterocycles. The fourth-order valence-electron chi connectivity index (χ4n) is 3.07. The van der Waals surface area contributed by atoms with Crippen LogP contribution in [0.3, 0.4) is 0 Å². The van der Waals surface area contributed by atoms with Crippen molar-refractivity contribution in [2.24, 2.45) is 0 Å². The first kappa shape index (κ1) is 25.6. The average molecular weight is 512 g/mol. The maximum atomic E-state index is 13.1. The van der Waals surface area contributed by atoms with Crippen molar-refractivity contribution in [3.8, 4) is 0 Å². The van der Waals surface area contributed by atoms with Crippen molar-refractivity contribution in [1.82, 2.24) is 9.78 Å². The van der Waals surface area contributed by atoms with Crippen LogP contribution in [-0.2, 0) is 14.9 Å².